The van der Waals surface area contributed by atoms with Crippen LogP contribution in [-0.2, 0) is 4.79 Å². The van der Waals surface area contributed by atoms with E-state index in [0.29, 0.717) is 22.2 Å². The normalized spacial score (nSPS) is 20.9. The molecule has 24 heavy (non-hydrogen) atoms. The van der Waals surface area contributed by atoms with Crippen molar-refractivity contribution >= 4 is 29.1 Å². The minimum Gasteiger partial charge on any atom is -0.496 e. The average molecular weight is 343 g/mol. The van der Waals surface area contributed by atoms with Crippen molar-refractivity contribution in [3.8, 4) is 5.75 Å². The molecule has 2 aliphatic rings. The number of hydrogen-bond acceptors (Lipinski definition) is 3. The molecule has 0 bridgehead atoms. The fourth-order valence-corrected chi connectivity index (χ4v) is 2.85. The number of hydrogen-bond donors (Lipinski definition) is 1. The van der Waals surface area contributed by atoms with Crippen LogP contribution in [0.5, 0.6) is 5.75 Å². The lowest BCUT2D eigenvalue weighted by atomic mass is 9.89. The second kappa shape index (κ2) is 6.45. The number of aliphatic imine (C=N–C) groups is 1. The number of fused-ring (bicyclic) bond motifs is 1. The van der Waals surface area contributed by atoms with Gasteiger partial charge in [-0.05, 0) is 37.3 Å². The molecule has 1 atom stereocenters. The first-order chi connectivity index (χ1) is 11.5. The minimum atomic E-state index is -0.460. The lowest BCUT2D eigenvalue weighted by Crippen LogP contribution is -2.32. The lowest BCUT2D eigenvalue weighted by molar-refractivity contribution is -0.116. The molecule has 0 saturated heterocycles. The fraction of sp³-hybridized carbons (Fsp3) is 0.167. The van der Waals surface area contributed by atoms with Gasteiger partial charge in [0.2, 0.25) is 5.91 Å². The van der Waals surface area contributed by atoms with E-state index in [1.807, 2.05) is 13.0 Å². The summed E-state index contributed by atoms with van der Waals surface area (Å²) in [5.74, 6) is -0.215. The van der Waals surface area contributed by atoms with Gasteiger partial charge in [-0.25, -0.2) is 4.99 Å². The number of rotatable bonds is 2. The van der Waals surface area contributed by atoms with Crippen molar-refractivity contribution in [3.05, 3.63) is 64.4 Å². The number of halogens is 1. The fourth-order valence-electron chi connectivity index (χ4n) is 2.68. The summed E-state index contributed by atoms with van der Waals surface area (Å²) in [4.78, 5) is 28.2. The Hall–Kier alpha value is -2.66. The Labute approximate surface area is 144 Å². The number of amides is 2. The molecular formula is C18H15ClN2O3. The number of nitrogens with zero attached hydrogens (tertiary/aromatic N) is 1. The molecule has 5 nitrogen and oxygen atoms in total. The van der Waals surface area contributed by atoms with Crippen molar-refractivity contribution in [3.63, 3.8) is 0 Å². The maximum Gasteiger partial charge on any atom is 0.281 e. The molecule has 122 valence electrons. The molecule has 1 aromatic rings. The lowest BCUT2D eigenvalue weighted by Gasteiger charge is -2.25. The summed E-state index contributed by atoms with van der Waals surface area (Å²) in [6.07, 6.45) is 6.93. The molecule has 1 heterocycles. The molecule has 1 N–H and O–H groups in total. The van der Waals surface area contributed by atoms with Crippen LogP contribution in [0.4, 0.5) is 0 Å². The van der Waals surface area contributed by atoms with Gasteiger partial charge in [0.15, 0.2) is 0 Å². The third-order valence-corrected chi connectivity index (χ3v) is 4.07. The molecule has 1 aromatic carbocycles. The molecular weight excluding hydrogens is 328 g/mol. The SMILES string of the molecule is COc1ccc(Cl)cc1C(=O)N=C1C=CC2C(C)=CC(=O)NC2=C1. The van der Waals surface area contributed by atoms with Crippen LogP contribution in [0.15, 0.2) is 58.8 Å². The van der Waals surface area contributed by atoms with E-state index < -0.39 is 5.91 Å². The Kier molecular flexibility index (Phi) is 4.36. The number of carbonyl (C=O) groups excluding carboxylic acids is 2. The van der Waals surface area contributed by atoms with Crippen LogP contribution in [0, 0.1) is 5.92 Å². The van der Waals surface area contributed by atoms with Crippen LogP contribution in [0.3, 0.4) is 0 Å². The van der Waals surface area contributed by atoms with E-state index in [-0.39, 0.29) is 17.4 Å². The highest BCUT2D eigenvalue weighted by molar-refractivity contribution is 6.31. The number of carbonyl (C=O) groups is 2. The van der Waals surface area contributed by atoms with Gasteiger partial charge in [0.1, 0.15) is 5.75 Å². The number of nitrogens with one attached hydrogen (secondary N) is 1. The first-order valence-electron chi connectivity index (χ1n) is 7.33. The van der Waals surface area contributed by atoms with Crippen LogP contribution in [0.1, 0.15) is 17.3 Å². The molecule has 3 rings (SSSR count). The van der Waals surface area contributed by atoms with E-state index in [1.54, 1.807) is 30.4 Å². The van der Waals surface area contributed by atoms with Gasteiger partial charge in [-0.2, -0.15) is 0 Å². The third kappa shape index (κ3) is 3.16. The first kappa shape index (κ1) is 16.2. The smallest absolute Gasteiger partial charge is 0.281 e. The van der Waals surface area contributed by atoms with E-state index in [1.165, 1.54) is 13.2 Å². The molecule has 0 aromatic heterocycles. The second-order valence-electron chi connectivity index (χ2n) is 5.50. The summed E-state index contributed by atoms with van der Waals surface area (Å²) in [5.41, 5.74) is 2.41. The van der Waals surface area contributed by atoms with Crippen LogP contribution >= 0.6 is 11.6 Å². The van der Waals surface area contributed by atoms with Crippen molar-refractivity contribution in [2.45, 2.75) is 6.92 Å². The van der Waals surface area contributed by atoms with Gasteiger partial charge in [0, 0.05) is 22.7 Å². The van der Waals surface area contributed by atoms with Gasteiger partial charge in [-0.3, -0.25) is 9.59 Å². The molecule has 0 spiro atoms. The van der Waals surface area contributed by atoms with Crippen molar-refractivity contribution < 1.29 is 14.3 Å². The summed E-state index contributed by atoms with van der Waals surface area (Å²) >= 11 is 5.95. The Bertz CT molecular complexity index is 850. The Morgan fingerprint density at radius 1 is 1.33 bits per heavy atom. The molecule has 2 amide bonds. The number of benzene rings is 1. The zero-order chi connectivity index (χ0) is 17.3. The molecule has 0 saturated carbocycles. The monoisotopic (exact) mass is 342 g/mol. The van der Waals surface area contributed by atoms with Crippen molar-refractivity contribution in [1.82, 2.24) is 5.32 Å². The molecule has 1 unspecified atom stereocenters. The van der Waals surface area contributed by atoms with E-state index >= 15 is 0 Å². The van der Waals surface area contributed by atoms with Gasteiger partial charge in [-0.15, -0.1) is 0 Å². The summed E-state index contributed by atoms with van der Waals surface area (Å²) in [7, 11) is 1.48. The molecule has 1 aliphatic heterocycles. The van der Waals surface area contributed by atoms with E-state index in [2.05, 4.69) is 10.3 Å². The highest BCUT2D eigenvalue weighted by atomic mass is 35.5. The quantitative estimate of drug-likeness (QED) is 0.898. The minimum absolute atomic E-state index is 0.0115. The standard InChI is InChI=1S/C18H15ClN2O3/c1-10-7-17(22)21-15-9-12(4-5-13(10)15)20-18(23)14-8-11(19)3-6-16(14)24-2/h3-9,13H,1-2H3,(H,21,22). The number of allylic oxidation sites excluding steroid dienone is 3. The molecule has 1 aliphatic carbocycles. The van der Waals surface area contributed by atoms with Crippen LogP contribution < -0.4 is 10.1 Å². The van der Waals surface area contributed by atoms with Gasteiger partial charge < -0.3 is 10.1 Å². The highest BCUT2D eigenvalue weighted by Crippen LogP contribution is 2.27. The van der Waals surface area contributed by atoms with Crippen molar-refractivity contribution in [2.24, 2.45) is 10.9 Å². The van der Waals surface area contributed by atoms with E-state index in [4.69, 9.17) is 16.3 Å². The summed E-state index contributed by atoms with van der Waals surface area (Å²) in [6.45, 7) is 1.89. The maximum absolute atomic E-state index is 12.4. The first-order valence-corrected chi connectivity index (χ1v) is 7.71. The van der Waals surface area contributed by atoms with Crippen molar-refractivity contribution in [1.29, 1.82) is 0 Å². The predicted octanol–water partition coefficient (Wildman–Crippen LogP) is 3.08. The van der Waals surface area contributed by atoms with Crippen LogP contribution in [-0.4, -0.2) is 24.6 Å². The number of ether oxygens (including phenoxy) is 1. The van der Waals surface area contributed by atoms with Gasteiger partial charge in [0.05, 0.1) is 18.4 Å². The van der Waals surface area contributed by atoms with Crippen LogP contribution in [0.2, 0.25) is 5.02 Å². The maximum atomic E-state index is 12.4. The Balaban J connectivity index is 1.92. The molecule has 6 heteroatoms. The zero-order valence-electron chi connectivity index (χ0n) is 13.2. The predicted molar refractivity (Wildman–Crippen MR) is 92.4 cm³/mol. The molecule has 0 fully saturated rings. The van der Waals surface area contributed by atoms with Gasteiger partial charge in [0.25, 0.3) is 5.91 Å². The number of methoxy groups -OCH3 is 1. The second-order valence-corrected chi connectivity index (χ2v) is 5.94. The van der Waals surface area contributed by atoms with Crippen LogP contribution in [0.25, 0.3) is 0 Å². The zero-order valence-corrected chi connectivity index (χ0v) is 13.9. The Morgan fingerprint density at radius 3 is 2.88 bits per heavy atom. The summed E-state index contributed by atoms with van der Waals surface area (Å²) < 4.78 is 5.18. The van der Waals surface area contributed by atoms with Gasteiger partial charge in [-0.1, -0.05) is 23.3 Å². The largest absolute Gasteiger partial charge is 0.496 e. The summed E-state index contributed by atoms with van der Waals surface area (Å²) in [6, 6.07) is 4.78. The topological polar surface area (TPSA) is 67.8 Å². The third-order valence-electron chi connectivity index (χ3n) is 3.84. The van der Waals surface area contributed by atoms with Crippen molar-refractivity contribution in [2.75, 3.05) is 7.11 Å². The highest BCUT2D eigenvalue weighted by Gasteiger charge is 2.24. The van der Waals surface area contributed by atoms with Gasteiger partial charge >= 0.3 is 0 Å². The molecule has 0 radical (unpaired) electrons. The summed E-state index contributed by atoms with van der Waals surface area (Å²) in [5, 5.41) is 3.21. The Morgan fingerprint density at radius 2 is 2.12 bits per heavy atom. The van der Waals surface area contributed by atoms with E-state index in [0.717, 1.165) is 5.57 Å². The average Bonchev–Trinajstić information content (AvgIpc) is 2.54. The van der Waals surface area contributed by atoms with E-state index in [9.17, 15) is 9.59 Å².